The molecular formula is C11H20N2O5S2. The molecular weight excluding hydrogens is 304 g/mol. The van der Waals surface area contributed by atoms with Gasteiger partial charge in [-0.25, -0.2) is 4.72 Å². The zero-order valence-electron chi connectivity index (χ0n) is 11.8. The number of thioether (sulfide) groups is 1. The first kappa shape index (κ1) is 17.3. The zero-order valence-corrected chi connectivity index (χ0v) is 13.4. The Balaban J connectivity index is 2.59. The van der Waals surface area contributed by atoms with Gasteiger partial charge in [0.1, 0.15) is 0 Å². The van der Waals surface area contributed by atoms with Crippen molar-refractivity contribution in [3.05, 3.63) is 0 Å². The molecule has 1 heterocycles. The molecule has 1 atom stereocenters. The van der Waals surface area contributed by atoms with Crippen molar-refractivity contribution < 1.29 is 22.7 Å². The number of piperidine rings is 1. The molecule has 7 nitrogen and oxygen atoms in total. The molecule has 1 unspecified atom stereocenters. The van der Waals surface area contributed by atoms with Gasteiger partial charge in [0.2, 0.25) is 5.91 Å². The van der Waals surface area contributed by atoms with Gasteiger partial charge in [-0.2, -0.15) is 24.5 Å². The maximum atomic E-state index is 12.0. The molecule has 1 amide bonds. The Bertz CT molecular complexity index is 457. The minimum atomic E-state index is -3.83. The van der Waals surface area contributed by atoms with Crippen molar-refractivity contribution in [2.75, 3.05) is 26.5 Å². The van der Waals surface area contributed by atoms with Crippen LogP contribution in [0.2, 0.25) is 0 Å². The van der Waals surface area contributed by atoms with Crippen molar-refractivity contribution in [2.24, 2.45) is 5.92 Å². The van der Waals surface area contributed by atoms with E-state index in [1.807, 2.05) is 0 Å². The first-order chi connectivity index (χ1) is 9.31. The predicted molar refractivity (Wildman–Crippen MR) is 76.4 cm³/mol. The van der Waals surface area contributed by atoms with Crippen LogP contribution in [0.15, 0.2) is 0 Å². The van der Waals surface area contributed by atoms with Crippen molar-refractivity contribution >= 4 is 33.8 Å². The molecule has 0 saturated carbocycles. The summed E-state index contributed by atoms with van der Waals surface area (Å²) >= 11 is 1.27. The first-order valence-electron chi connectivity index (χ1n) is 6.24. The second-order valence-corrected chi connectivity index (χ2v) is 7.39. The number of hydrogen-bond acceptors (Lipinski definition) is 6. The molecule has 0 bridgehead atoms. The summed E-state index contributed by atoms with van der Waals surface area (Å²) in [5, 5.41) is -0.433. The molecule has 116 valence electrons. The second-order valence-electron chi connectivity index (χ2n) is 4.55. The molecule has 0 aromatic carbocycles. The number of esters is 1. The van der Waals surface area contributed by atoms with Crippen molar-refractivity contribution in [2.45, 2.75) is 25.0 Å². The fourth-order valence-electron chi connectivity index (χ4n) is 1.88. The van der Waals surface area contributed by atoms with Crippen LogP contribution in [-0.4, -0.2) is 56.3 Å². The molecule has 9 heteroatoms. The van der Waals surface area contributed by atoms with Gasteiger partial charge in [-0.3, -0.25) is 9.59 Å². The average molecular weight is 324 g/mol. The van der Waals surface area contributed by atoms with E-state index in [0.717, 1.165) is 0 Å². The van der Waals surface area contributed by atoms with E-state index in [9.17, 15) is 18.0 Å². The molecule has 0 aliphatic carbocycles. The van der Waals surface area contributed by atoms with Crippen LogP contribution in [0.3, 0.4) is 0 Å². The number of carbonyl (C=O) groups excluding carboxylic acids is 2. The average Bonchev–Trinajstić information content (AvgIpc) is 2.45. The lowest BCUT2D eigenvalue weighted by Crippen LogP contribution is -2.49. The molecule has 1 N–H and O–H groups in total. The lowest BCUT2D eigenvalue weighted by molar-refractivity contribution is -0.146. The largest absolute Gasteiger partial charge is 0.469 e. The van der Waals surface area contributed by atoms with Crippen LogP contribution >= 0.6 is 11.8 Å². The summed E-state index contributed by atoms with van der Waals surface area (Å²) in [6.45, 7) is 2.05. The summed E-state index contributed by atoms with van der Waals surface area (Å²) in [4.78, 5) is 23.0. The molecule has 1 fully saturated rings. The van der Waals surface area contributed by atoms with Crippen LogP contribution in [0.25, 0.3) is 0 Å². The van der Waals surface area contributed by atoms with E-state index in [1.165, 1.54) is 23.2 Å². The third kappa shape index (κ3) is 4.35. The lowest BCUT2D eigenvalue weighted by atomic mass is 9.99. The Kier molecular flexibility index (Phi) is 6.28. The van der Waals surface area contributed by atoms with Gasteiger partial charge in [0.05, 0.1) is 18.3 Å². The summed E-state index contributed by atoms with van der Waals surface area (Å²) in [7, 11) is -2.51. The molecule has 1 saturated heterocycles. The minimum Gasteiger partial charge on any atom is -0.469 e. The van der Waals surface area contributed by atoms with Crippen molar-refractivity contribution in [3.8, 4) is 0 Å². The topological polar surface area (TPSA) is 92.8 Å². The minimum absolute atomic E-state index is 0.204. The molecule has 0 spiro atoms. The highest BCUT2D eigenvalue weighted by Gasteiger charge is 2.32. The standard InChI is InChI=1S/C11H20N2O5S2/c1-8(19-3)10(14)12-20(16,17)13-6-4-9(5-7-13)11(15)18-2/h8-9H,4-7H2,1-3H3,(H,12,14). The van der Waals surface area contributed by atoms with Crippen molar-refractivity contribution in [1.82, 2.24) is 9.03 Å². The van der Waals surface area contributed by atoms with Gasteiger partial charge in [0, 0.05) is 13.1 Å². The molecule has 1 rings (SSSR count). The van der Waals surface area contributed by atoms with Crippen molar-refractivity contribution in [1.29, 1.82) is 0 Å². The first-order valence-corrected chi connectivity index (χ1v) is 8.97. The number of ether oxygens (including phenoxy) is 1. The van der Waals surface area contributed by atoms with Crippen LogP contribution in [0.5, 0.6) is 0 Å². The number of methoxy groups -OCH3 is 1. The van der Waals surface area contributed by atoms with E-state index in [4.69, 9.17) is 0 Å². The monoisotopic (exact) mass is 324 g/mol. The Morgan fingerprint density at radius 3 is 2.35 bits per heavy atom. The van der Waals surface area contributed by atoms with E-state index >= 15 is 0 Å². The normalized spacial score (nSPS) is 19.4. The van der Waals surface area contributed by atoms with Gasteiger partial charge < -0.3 is 4.74 Å². The third-order valence-electron chi connectivity index (χ3n) is 3.28. The van der Waals surface area contributed by atoms with Gasteiger partial charge in [0.15, 0.2) is 0 Å². The van der Waals surface area contributed by atoms with Crippen LogP contribution in [0.4, 0.5) is 0 Å². The van der Waals surface area contributed by atoms with Crippen molar-refractivity contribution in [3.63, 3.8) is 0 Å². The molecule has 0 aromatic rings. The predicted octanol–water partition coefficient (Wildman–Crippen LogP) is -0.0161. The smallest absolute Gasteiger partial charge is 0.308 e. The molecule has 1 aliphatic rings. The van der Waals surface area contributed by atoms with E-state index in [1.54, 1.807) is 13.2 Å². The number of rotatable bonds is 5. The molecule has 0 aromatic heterocycles. The number of hydrogen-bond donors (Lipinski definition) is 1. The Morgan fingerprint density at radius 2 is 1.90 bits per heavy atom. The quantitative estimate of drug-likeness (QED) is 0.715. The second kappa shape index (κ2) is 7.28. The number of nitrogens with zero attached hydrogens (tertiary/aromatic N) is 1. The summed E-state index contributed by atoms with van der Waals surface area (Å²) in [6.07, 6.45) is 2.54. The Hall–Kier alpha value is -0.800. The van der Waals surface area contributed by atoms with Gasteiger partial charge >= 0.3 is 16.2 Å². The summed E-state index contributed by atoms with van der Waals surface area (Å²) in [5.41, 5.74) is 0. The van der Waals surface area contributed by atoms with Crippen LogP contribution in [0, 0.1) is 5.92 Å². The Labute approximate surface area is 123 Å². The van der Waals surface area contributed by atoms with Gasteiger partial charge in [-0.05, 0) is 26.0 Å². The highest BCUT2D eigenvalue weighted by molar-refractivity contribution is 8.00. The number of amides is 1. The van der Waals surface area contributed by atoms with Gasteiger partial charge in [0.25, 0.3) is 0 Å². The summed E-state index contributed by atoms with van der Waals surface area (Å²) in [6, 6.07) is 0. The highest BCUT2D eigenvalue weighted by atomic mass is 32.2. The van der Waals surface area contributed by atoms with Crippen LogP contribution in [-0.2, 0) is 24.5 Å². The summed E-state index contributed by atoms with van der Waals surface area (Å²) in [5.74, 6) is -1.12. The maximum Gasteiger partial charge on any atom is 0.308 e. The fourth-order valence-corrected chi connectivity index (χ4v) is 3.48. The van der Waals surface area contributed by atoms with E-state index < -0.39 is 21.4 Å². The lowest BCUT2D eigenvalue weighted by Gasteiger charge is -2.29. The fraction of sp³-hybridized carbons (Fsp3) is 0.818. The summed E-state index contributed by atoms with van der Waals surface area (Å²) < 4.78 is 32.0. The third-order valence-corrected chi connectivity index (χ3v) is 5.71. The van der Waals surface area contributed by atoms with Crippen LogP contribution in [0.1, 0.15) is 19.8 Å². The van der Waals surface area contributed by atoms with Gasteiger partial charge in [-0.1, -0.05) is 0 Å². The number of nitrogens with one attached hydrogen (secondary N) is 1. The van der Waals surface area contributed by atoms with Gasteiger partial charge in [-0.15, -0.1) is 0 Å². The molecule has 1 aliphatic heterocycles. The Morgan fingerprint density at radius 1 is 1.35 bits per heavy atom. The van der Waals surface area contributed by atoms with E-state index in [2.05, 4.69) is 9.46 Å². The SMILES string of the molecule is COC(=O)C1CCN(S(=O)(=O)NC(=O)C(C)SC)CC1. The van der Waals surface area contributed by atoms with Crippen LogP contribution < -0.4 is 4.72 Å². The molecule has 20 heavy (non-hydrogen) atoms. The van der Waals surface area contributed by atoms with E-state index in [-0.39, 0.29) is 25.0 Å². The highest BCUT2D eigenvalue weighted by Crippen LogP contribution is 2.20. The number of carbonyl (C=O) groups is 2. The maximum absolute atomic E-state index is 12.0. The molecule has 0 radical (unpaired) electrons. The zero-order chi connectivity index (χ0) is 15.3. The van der Waals surface area contributed by atoms with E-state index in [0.29, 0.717) is 12.8 Å².